The number of carbonyl (C=O) groups is 1. The Hall–Kier alpha value is -1.79. The van der Waals surface area contributed by atoms with Crippen LogP contribution in [-0.2, 0) is 11.3 Å². The molecule has 0 aliphatic rings. The summed E-state index contributed by atoms with van der Waals surface area (Å²) >= 11 is 7.56. The number of hydrogen-bond acceptors (Lipinski definition) is 6. The van der Waals surface area contributed by atoms with E-state index in [1.807, 2.05) is 19.1 Å². The van der Waals surface area contributed by atoms with Crippen LogP contribution in [0.1, 0.15) is 20.9 Å². The second kappa shape index (κ2) is 6.78. The van der Waals surface area contributed by atoms with Crippen LogP contribution in [0.25, 0.3) is 0 Å². The topological polar surface area (TPSA) is 60.5 Å². The van der Waals surface area contributed by atoms with Gasteiger partial charge in [0.2, 0.25) is 0 Å². The normalized spacial score (nSPS) is 10.3. The first kappa shape index (κ1) is 15.6. The zero-order valence-electron chi connectivity index (χ0n) is 11.9. The van der Waals surface area contributed by atoms with Crippen LogP contribution in [0.15, 0.2) is 18.2 Å². The number of carbonyl (C=O) groups excluding carboxylic acids is 1. The molecule has 0 fully saturated rings. The predicted octanol–water partition coefficient (Wildman–Crippen LogP) is 3.51. The van der Waals surface area contributed by atoms with E-state index in [9.17, 15) is 4.79 Å². The number of anilines is 1. The number of benzene rings is 1. The summed E-state index contributed by atoms with van der Waals surface area (Å²) in [6.07, 6.45) is 0. The fourth-order valence-corrected chi connectivity index (χ4v) is 2.85. The van der Waals surface area contributed by atoms with Gasteiger partial charge in [-0.3, -0.25) is 0 Å². The van der Waals surface area contributed by atoms with Crippen molar-refractivity contribution < 1.29 is 14.3 Å². The lowest BCUT2D eigenvalue weighted by Crippen LogP contribution is -2.05. The zero-order chi connectivity index (χ0) is 15.4. The van der Waals surface area contributed by atoms with Crippen LogP contribution in [0, 0.1) is 6.92 Å². The maximum Gasteiger partial charge on any atom is 0.357 e. The van der Waals surface area contributed by atoms with Gasteiger partial charge in [0, 0.05) is 22.0 Å². The third kappa shape index (κ3) is 3.46. The van der Waals surface area contributed by atoms with E-state index in [0.29, 0.717) is 28.1 Å². The second-order valence-electron chi connectivity index (χ2n) is 4.19. The molecule has 0 bridgehead atoms. The summed E-state index contributed by atoms with van der Waals surface area (Å²) in [6, 6.07) is 5.47. The first-order valence-electron chi connectivity index (χ1n) is 6.17. The van der Waals surface area contributed by atoms with Gasteiger partial charge in [-0.15, -0.1) is 11.3 Å². The van der Waals surface area contributed by atoms with E-state index in [1.54, 1.807) is 13.2 Å². The molecule has 0 amide bonds. The molecule has 1 N–H and O–H groups in total. The van der Waals surface area contributed by atoms with Gasteiger partial charge in [0.1, 0.15) is 5.75 Å². The Bertz CT molecular complexity index is 658. The van der Waals surface area contributed by atoms with Crippen molar-refractivity contribution in [2.45, 2.75) is 13.5 Å². The van der Waals surface area contributed by atoms with Crippen molar-refractivity contribution in [3.8, 4) is 5.75 Å². The molecule has 21 heavy (non-hydrogen) atoms. The lowest BCUT2D eigenvalue weighted by molar-refractivity contribution is 0.0594. The van der Waals surface area contributed by atoms with E-state index >= 15 is 0 Å². The molecule has 7 heteroatoms. The largest absolute Gasteiger partial charge is 0.496 e. The lowest BCUT2D eigenvalue weighted by atomic mass is 10.2. The average molecular weight is 327 g/mol. The van der Waals surface area contributed by atoms with E-state index in [0.717, 1.165) is 10.4 Å². The van der Waals surface area contributed by atoms with Crippen molar-refractivity contribution in [1.29, 1.82) is 0 Å². The summed E-state index contributed by atoms with van der Waals surface area (Å²) in [4.78, 5) is 16.6. The van der Waals surface area contributed by atoms with E-state index in [4.69, 9.17) is 16.3 Å². The Kier molecular flexibility index (Phi) is 5.03. The molecule has 0 saturated carbocycles. The van der Waals surface area contributed by atoms with Gasteiger partial charge in [0.15, 0.2) is 10.8 Å². The van der Waals surface area contributed by atoms with E-state index in [2.05, 4.69) is 15.0 Å². The maximum absolute atomic E-state index is 11.5. The van der Waals surface area contributed by atoms with Crippen LogP contribution >= 0.6 is 22.9 Å². The van der Waals surface area contributed by atoms with Gasteiger partial charge in [0.25, 0.3) is 0 Å². The smallest absolute Gasteiger partial charge is 0.357 e. The lowest BCUT2D eigenvalue weighted by Gasteiger charge is -2.10. The number of thiazole rings is 1. The zero-order valence-corrected chi connectivity index (χ0v) is 13.5. The molecular formula is C14H15ClN2O3S. The van der Waals surface area contributed by atoms with Gasteiger partial charge >= 0.3 is 5.97 Å². The highest BCUT2D eigenvalue weighted by atomic mass is 35.5. The van der Waals surface area contributed by atoms with Crippen molar-refractivity contribution in [3.05, 3.63) is 39.4 Å². The molecule has 2 aromatic rings. The Morgan fingerprint density at radius 2 is 2.19 bits per heavy atom. The summed E-state index contributed by atoms with van der Waals surface area (Å²) in [5, 5.41) is 4.40. The average Bonchev–Trinajstić information content (AvgIpc) is 2.86. The summed E-state index contributed by atoms with van der Waals surface area (Å²) in [5.74, 6) is 0.267. The number of nitrogens with zero attached hydrogens (tertiary/aromatic N) is 1. The van der Waals surface area contributed by atoms with Crippen molar-refractivity contribution in [2.24, 2.45) is 0 Å². The first-order chi connectivity index (χ1) is 10.1. The maximum atomic E-state index is 11.5. The van der Waals surface area contributed by atoms with Crippen molar-refractivity contribution in [3.63, 3.8) is 0 Å². The number of hydrogen-bond donors (Lipinski definition) is 1. The van der Waals surface area contributed by atoms with Crippen LogP contribution < -0.4 is 10.1 Å². The number of rotatable bonds is 5. The molecule has 0 aliphatic heterocycles. The minimum Gasteiger partial charge on any atom is -0.496 e. The summed E-state index contributed by atoms with van der Waals surface area (Å²) < 4.78 is 9.97. The number of halogens is 1. The molecule has 1 aromatic carbocycles. The number of aryl methyl sites for hydroxylation is 1. The third-order valence-electron chi connectivity index (χ3n) is 2.89. The molecule has 5 nitrogen and oxygen atoms in total. The predicted molar refractivity (Wildman–Crippen MR) is 83.5 cm³/mol. The minimum absolute atomic E-state index is 0.330. The highest BCUT2D eigenvalue weighted by molar-refractivity contribution is 7.15. The van der Waals surface area contributed by atoms with Gasteiger partial charge < -0.3 is 14.8 Å². The monoisotopic (exact) mass is 326 g/mol. The fraction of sp³-hybridized carbons (Fsp3) is 0.286. The molecular weight excluding hydrogens is 312 g/mol. The van der Waals surface area contributed by atoms with Crippen LogP contribution in [-0.4, -0.2) is 25.2 Å². The molecule has 1 heterocycles. The van der Waals surface area contributed by atoms with Gasteiger partial charge in [0.05, 0.1) is 14.2 Å². The van der Waals surface area contributed by atoms with E-state index < -0.39 is 5.97 Å². The molecule has 0 aliphatic carbocycles. The molecule has 1 aromatic heterocycles. The van der Waals surface area contributed by atoms with Crippen molar-refractivity contribution in [1.82, 2.24) is 4.98 Å². The molecule has 112 valence electrons. The van der Waals surface area contributed by atoms with Crippen LogP contribution in [0.4, 0.5) is 5.13 Å². The van der Waals surface area contributed by atoms with Gasteiger partial charge in [-0.25, -0.2) is 9.78 Å². The van der Waals surface area contributed by atoms with Gasteiger partial charge in [-0.05, 0) is 19.1 Å². The highest BCUT2D eigenvalue weighted by Gasteiger charge is 2.16. The van der Waals surface area contributed by atoms with E-state index in [1.165, 1.54) is 18.4 Å². The molecule has 0 radical (unpaired) electrons. The number of aromatic nitrogens is 1. The molecule has 0 atom stereocenters. The number of esters is 1. The summed E-state index contributed by atoms with van der Waals surface area (Å²) in [5.41, 5.74) is 1.17. The van der Waals surface area contributed by atoms with E-state index in [-0.39, 0.29) is 0 Å². The molecule has 0 saturated heterocycles. The standard InChI is InChI=1S/C14H15ClN2O3S/c1-8-12(13(18)20-3)17-14(21-8)16-7-9-10(15)5-4-6-11(9)19-2/h4-6H,7H2,1-3H3,(H,16,17). The third-order valence-corrected chi connectivity index (χ3v) is 4.17. The van der Waals surface area contributed by atoms with Gasteiger partial charge in [-0.2, -0.15) is 0 Å². The summed E-state index contributed by atoms with van der Waals surface area (Å²) in [6.45, 7) is 2.28. The van der Waals surface area contributed by atoms with Crippen molar-refractivity contribution in [2.75, 3.05) is 19.5 Å². The number of methoxy groups -OCH3 is 2. The summed E-state index contributed by atoms with van der Waals surface area (Å²) in [7, 11) is 2.93. The Morgan fingerprint density at radius 3 is 2.86 bits per heavy atom. The Balaban J connectivity index is 2.16. The fourth-order valence-electron chi connectivity index (χ4n) is 1.82. The first-order valence-corrected chi connectivity index (χ1v) is 7.37. The Labute approximate surface area is 131 Å². The second-order valence-corrected chi connectivity index (χ2v) is 5.80. The quantitative estimate of drug-likeness (QED) is 0.852. The van der Waals surface area contributed by atoms with Crippen molar-refractivity contribution >= 4 is 34.0 Å². The SMILES string of the molecule is COC(=O)c1nc(NCc2c(Cl)cccc2OC)sc1C. The van der Waals surface area contributed by atoms with Gasteiger partial charge in [-0.1, -0.05) is 17.7 Å². The number of nitrogens with one attached hydrogen (secondary N) is 1. The molecule has 0 unspecified atom stereocenters. The van der Waals surface area contributed by atoms with Crippen LogP contribution in [0.2, 0.25) is 5.02 Å². The van der Waals surface area contributed by atoms with Crippen LogP contribution in [0.5, 0.6) is 5.75 Å². The highest BCUT2D eigenvalue weighted by Crippen LogP contribution is 2.28. The molecule has 2 rings (SSSR count). The molecule has 0 spiro atoms. The van der Waals surface area contributed by atoms with Crippen LogP contribution in [0.3, 0.4) is 0 Å². The Morgan fingerprint density at radius 1 is 1.43 bits per heavy atom. The minimum atomic E-state index is -0.438. The number of ether oxygens (including phenoxy) is 2.